The number of aliphatic hydroxyl groups excluding tert-OH is 1. The van der Waals surface area contributed by atoms with Crippen LogP contribution in [0.15, 0.2) is 16.6 Å². The second kappa shape index (κ2) is 4.12. The molecule has 1 rings (SSSR count). The SMILES string of the molecule is OCCc1cc(Br)cc(Cl)c1O. The lowest BCUT2D eigenvalue weighted by Gasteiger charge is -2.04. The topological polar surface area (TPSA) is 40.5 Å². The highest BCUT2D eigenvalue weighted by Crippen LogP contribution is 2.31. The number of aromatic hydroxyl groups is 1. The lowest BCUT2D eigenvalue weighted by Crippen LogP contribution is -1.91. The minimum absolute atomic E-state index is 0.000340. The van der Waals surface area contributed by atoms with Crippen LogP contribution in [0.1, 0.15) is 5.56 Å². The molecule has 0 bridgehead atoms. The number of halogens is 2. The normalized spacial score (nSPS) is 10.2. The number of hydrogen-bond donors (Lipinski definition) is 2. The van der Waals surface area contributed by atoms with Crippen molar-refractivity contribution in [3.05, 3.63) is 27.2 Å². The van der Waals surface area contributed by atoms with Crippen molar-refractivity contribution in [2.75, 3.05) is 6.61 Å². The van der Waals surface area contributed by atoms with E-state index in [1.54, 1.807) is 12.1 Å². The first-order valence-electron chi connectivity index (χ1n) is 3.43. The van der Waals surface area contributed by atoms with Gasteiger partial charge in [-0.15, -0.1) is 0 Å². The lowest BCUT2D eigenvalue weighted by atomic mass is 10.1. The van der Waals surface area contributed by atoms with Crippen molar-refractivity contribution < 1.29 is 10.2 Å². The number of hydrogen-bond acceptors (Lipinski definition) is 2. The predicted molar refractivity (Wildman–Crippen MR) is 51.6 cm³/mol. The van der Waals surface area contributed by atoms with Gasteiger partial charge in [-0.25, -0.2) is 0 Å². The molecule has 1 aromatic rings. The number of benzene rings is 1. The Morgan fingerprint density at radius 3 is 2.67 bits per heavy atom. The molecule has 0 saturated heterocycles. The summed E-state index contributed by atoms with van der Waals surface area (Å²) in [6, 6.07) is 3.34. The largest absolute Gasteiger partial charge is 0.506 e. The van der Waals surface area contributed by atoms with Crippen molar-refractivity contribution in [3.8, 4) is 5.75 Å². The van der Waals surface area contributed by atoms with E-state index in [4.69, 9.17) is 16.7 Å². The highest BCUT2D eigenvalue weighted by atomic mass is 79.9. The van der Waals surface area contributed by atoms with Gasteiger partial charge in [0.15, 0.2) is 0 Å². The van der Waals surface area contributed by atoms with Gasteiger partial charge in [0.25, 0.3) is 0 Å². The average molecular weight is 252 g/mol. The third kappa shape index (κ3) is 2.12. The fourth-order valence-electron chi connectivity index (χ4n) is 0.930. The van der Waals surface area contributed by atoms with Gasteiger partial charge in [-0.05, 0) is 24.1 Å². The monoisotopic (exact) mass is 250 g/mol. The van der Waals surface area contributed by atoms with Crippen LogP contribution in [-0.4, -0.2) is 16.8 Å². The molecule has 4 heteroatoms. The third-order valence-electron chi connectivity index (χ3n) is 1.49. The third-order valence-corrected chi connectivity index (χ3v) is 2.23. The van der Waals surface area contributed by atoms with Crippen LogP contribution in [0.4, 0.5) is 0 Å². The molecule has 0 aromatic heterocycles. The molecule has 0 unspecified atom stereocenters. The van der Waals surface area contributed by atoms with Gasteiger partial charge in [0, 0.05) is 11.1 Å². The van der Waals surface area contributed by atoms with E-state index >= 15 is 0 Å². The first kappa shape index (κ1) is 9.84. The number of phenolic OH excluding ortho intramolecular Hbond substituents is 1. The Morgan fingerprint density at radius 2 is 2.08 bits per heavy atom. The Bertz CT molecular complexity index is 289. The number of aliphatic hydroxyl groups is 1. The van der Waals surface area contributed by atoms with Crippen LogP contribution >= 0.6 is 27.5 Å². The van der Waals surface area contributed by atoms with Crippen molar-refractivity contribution in [1.82, 2.24) is 0 Å². The zero-order valence-electron chi connectivity index (χ0n) is 6.22. The molecule has 0 amide bonds. The van der Waals surface area contributed by atoms with E-state index in [-0.39, 0.29) is 12.4 Å². The fourth-order valence-corrected chi connectivity index (χ4v) is 1.81. The van der Waals surface area contributed by atoms with Gasteiger partial charge in [-0.3, -0.25) is 0 Å². The molecular weight excluding hydrogens is 243 g/mol. The Morgan fingerprint density at radius 1 is 1.42 bits per heavy atom. The van der Waals surface area contributed by atoms with Crippen molar-refractivity contribution in [1.29, 1.82) is 0 Å². The minimum atomic E-state index is 0.000340. The van der Waals surface area contributed by atoms with Gasteiger partial charge in [-0.2, -0.15) is 0 Å². The summed E-state index contributed by atoms with van der Waals surface area (Å²) in [5.74, 6) is 0.0499. The van der Waals surface area contributed by atoms with Crippen LogP contribution in [0.5, 0.6) is 5.75 Å². The maximum atomic E-state index is 9.39. The average Bonchev–Trinajstić information content (AvgIpc) is 2.00. The first-order chi connectivity index (χ1) is 5.65. The Hall–Kier alpha value is -0.250. The highest BCUT2D eigenvalue weighted by molar-refractivity contribution is 9.10. The summed E-state index contributed by atoms with van der Waals surface area (Å²) < 4.78 is 0.800. The maximum absolute atomic E-state index is 9.39. The van der Waals surface area contributed by atoms with Crippen LogP contribution in [0.3, 0.4) is 0 Å². The summed E-state index contributed by atoms with van der Waals surface area (Å²) in [4.78, 5) is 0. The quantitative estimate of drug-likeness (QED) is 0.847. The smallest absolute Gasteiger partial charge is 0.137 e. The highest BCUT2D eigenvalue weighted by Gasteiger charge is 2.06. The van der Waals surface area contributed by atoms with E-state index in [0.29, 0.717) is 17.0 Å². The Labute approximate surface area is 83.9 Å². The molecule has 66 valence electrons. The molecule has 0 atom stereocenters. The second-order valence-corrected chi connectivity index (χ2v) is 3.69. The van der Waals surface area contributed by atoms with Gasteiger partial charge >= 0.3 is 0 Å². The van der Waals surface area contributed by atoms with Crippen molar-refractivity contribution in [2.24, 2.45) is 0 Å². The molecule has 0 radical (unpaired) electrons. The van der Waals surface area contributed by atoms with Gasteiger partial charge in [0.05, 0.1) is 5.02 Å². The zero-order valence-corrected chi connectivity index (χ0v) is 8.56. The zero-order chi connectivity index (χ0) is 9.14. The number of phenols is 1. The molecule has 1 aromatic carbocycles. The van der Waals surface area contributed by atoms with E-state index in [2.05, 4.69) is 15.9 Å². The van der Waals surface area contributed by atoms with Crippen LogP contribution < -0.4 is 0 Å². The molecule has 0 spiro atoms. The molecule has 0 aliphatic heterocycles. The van der Waals surface area contributed by atoms with Gasteiger partial charge < -0.3 is 10.2 Å². The summed E-state index contributed by atoms with van der Waals surface area (Å²) in [7, 11) is 0. The van der Waals surface area contributed by atoms with Crippen molar-refractivity contribution in [3.63, 3.8) is 0 Å². The van der Waals surface area contributed by atoms with E-state index in [0.717, 1.165) is 4.47 Å². The van der Waals surface area contributed by atoms with Crippen LogP contribution in [0, 0.1) is 0 Å². The first-order valence-corrected chi connectivity index (χ1v) is 4.60. The van der Waals surface area contributed by atoms with Gasteiger partial charge in [0.1, 0.15) is 5.75 Å². The van der Waals surface area contributed by atoms with Gasteiger partial charge in [-0.1, -0.05) is 27.5 Å². The van der Waals surface area contributed by atoms with Crippen LogP contribution in [0.2, 0.25) is 5.02 Å². The molecular formula is C8H8BrClO2. The van der Waals surface area contributed by atoms with Crippen molar-refractivity contribution in [2.45, 2.75) is 6.42 Å². The Balaban J connectivity index is 3.09. The molecule has 0 fully saturated rings. The standard InChI is InChI=1S/C8H8BrClO2/c9-6-3-5(1-2-11)8(12)7(10)4-6/h3-4,11-12H,1-2H2. The fraction of sp³-hybridized carbons (Fsp3) is 0.250. The summed E-state index contributed by atoms with van der Waals surface area (Å²) in [5, 5.41) is 18.3. The van der Waals surface area contributed by atoms with E-state index in [9.17, 15) is 5.11 Å². The summed E-state index contributed by atoms with van der Waals surface area (Å²) in [6.45, 7) is 0.000340. The van der Waals surface area contributed by atoms with Gasteiger partial charge in [0.2, 0.25) is 0 Å². The molecule has 2 nitrogen and oxygen atoms in total. The molecule has 0 heterocycles. The van der Waals surface area contributed by atoms with E-state index < -0.39 is 0 Å². The summed E-state index contributed by atoms with van der Waals surface area (Å²) in [6.07, 6.45) is 0.408. The van der Waals surface area contributed by atoms with Crippen LogP contribution in [0.25, 0.3) is 0 Å². The molecule has 12 heavy (non-hydrogen) atoms. The maximum Gasteiger partial charge on any atom is 0.137 e. The minimum Gasteiger partial charge on any atom is -0.506 e. The molecule has 0 saturated carbocycles. The van der Waals surface area contributed by atoms with Crippen molar-refractivity contribution >= 4 is 27.5 Å². The molecule has 2 N–H and O–H groups in total. The molecule has 0 aliphatic carbocycles. The summed E-state index contributed by atoms with van der Waals surface area (Å²) >= 11 is 8.93. The molecule has 0 aliphatic rings. The van der Waals surface area contributed by atoms with E-state index in [1.807, 2.05) is 0 Å². The Kier molecular flexibility index (Phi) is 3.38. The number of rotatable bonds is 2. The predicted octanol–water partition coefficient (Wildman–Crippen LogP) is 2.34. The lowest BCUT2D eigenvalue weighted by molar-refractivity contribution is 0.297. The van der Waals surface area contributed by atoms with Crippen LogP contribution in [-0.2, 0) is 6.42 Å². The second-order valence-electron chi connectivity index (χ2n) is 2.37. The summed E-state index contributed by atoms with van der Waals surface area (Å²) in [5.41, 5.74) is 0.650. The van der Waals surface area contributed by atoms with E-state index in [1.165, 1.54) is 0 Å².